The molecule has 0 unspecified atom stereocenters. The van der Waals surface area contributed by atoms with E-state index >= 15 is 0 Å². The van der Waals surface area contributed by atoms with Crippen LogP contribution in [0.1, 0.15) is 10.5 Å². The van der Waals surface area contributed by atoms with Gasteiger partial charge in [0, 0.05) is 12.6 Å². The molecule has 2 N–H and O–H groups in total. The molecule has 1 heterocycles. The van der Waals surface area contributed by atoms with Gasteiger partial charge in [-0.15, -0.1) is 0 Å². The zero-order valence-corrected chi connectivity index (χ0v) is 11.0. The molecule has 2 rings (SSSR count). The Morgan fingerprint density at radius 3 is 2.74 bits per heavy atom. The molecule has 6 nitrogen and oxygen atoms in total. The zero-order chi connectivity index (χ0) is 14.0. The Hall–Kier alpha value is -2.50. The number of hydrogen-bond donors (Lipinski definition) is 1. The molecule has 0 saturated carbocycles. The van der Waals surface area contributed by atoms with Gasteiger partial charge in [0.15, 0.2) is 5.75 Å². The number of carbonyl (C=O) groups excluding carboxylic acids is 1. The van der Waals surface area contributed by atoms with E-state index in [-0.39, 0.29) is 0 Å². The first-order chi connectivity index (χ1) is 9.08. The smallest absolute Gasteiger partial charge is 0.356 e. The van der Waals surface area contributed by atoms with Gasteiger partial charge in [-0.1, -0.05) is 6.07 Å². The van der Waals surface area contributed by atoms with Crippen LogP contribution >= 0.6 is 0 Å². The molecule has 2 aromatic rings. The second kappa shape index (κ2) is 5.01. The summed E-state index contributed by atoms with van der Waals surface area (Å²) in [5, 5.41) is 4.28. The number of aromatic nitrogens is 2. The molecule has 1 aromatic carbocycles. The van der Waals surface area contributed by atoms with E-state index in [0.717, 1.165) is 5.56 Å². The molecule has 0 saturated heterocycles. The Balaban J connectivity index is 2.54. The summed E-state index contributed by atoms with van der Waals surface area (Å²) in [7, 11) is 4.55. The van der Waals surface area contributed by atoms with Gasteiger partial charge in [0.05, 0.1) is 25.6 Å². The fourth-order valence-electron chi connectivity index (χ4n) is 1.88. The highest BCUT2D eigenvalue weighted by molar-refractivity contribution is 5.89. The summed E-state index contributed by atoms with van der Waals surface area (Å²) in [6.07, 6.45) is 0. The second-order valence-corrected chi connectivity index (χ2v) is 3.96. The van der Waals surface area contributed by atoms with E-state index in [1.165, 1.54) is 11.8 Å². The summed E-state index contributed by atoms with van der Waals surface area (Å²) in [5.74, 6) is 0.0983. The highest BCUT2D eigenvalue weighted by Crippen LogP contribution is 2.34. The first-order valence-corrected chi connectivity index (χ1v) is 5.63. The van der Waals surface area contributed by atoms with Crippen molar-refractivity contribution >= 4 is 11.7 Å². The summed E-state index contributed by atoms with van der Waals surface area (Å²) in [4.78, 5) is 11.6. The molecule has 1 aromatic heterocycles. The number of methoxy groups -OCH3 is 2. The summed E-state index contributed by atoms with van der Waals surface area (Å²) in [6, 6.07) is 7.02. The molecular formula is C13H15N3O3. The molecule has 0 spiro atoms. The summed E-state index contributed by atoms with van der Waals surface area (Å²) >= 11 is 0. The van der Waals surface area contributed by atoms with Crippen LogP contribution in [0, 0.1) is 0 Å². The van der Waals surface area contributed by atoms with Crippen LogP contribution < -0.4 is 10.5 Å². The Bertz CT molecular complexity index is 620. The third-order valence-corrected chi connectivity index (χ3v) is 2.80. The largest absolute Gasteiger partial charge is 0.494 e. The molecule has 0 atom stereocenters. The van der Waals surface area contributed by atoms with Crippen molar-refractivity contribution in [3.05, 3.63) is 30.0 Å². The van der Waals surface area contributed by atoms with Crippen molar-refractivity contribution in [2.45, 2.75) is 0 Å². The average molecular weight is 261 g/mol. The first-order valence-electron chi connectivity index (χ1n) is 5.63. The number of benzene rings is 1. The molecular weight excluding hydrogens is 246 g/mol. The lowest BCUT2D eigenvalue weighted by Crippen LogP contribution is -2.07. The number of anilines is 1. The minimum atomic E-state index is -0.441. The molecule has 19 heavy (non-hydrogen) atoms. The molecule has 6 heteroatoms. The van der Waals surface area contributed by atoms with Crippen LogP contribution in [0.2, 0.25) is 0 Å². The van der Waals surface area contributed by atoms with Crippen molar-refractivity contribution in [2.24, 2.45) is 7.05 Å². The van der Waals surface area contributed by atoms with Crippen LogP contribution in [-0.2, 0) is 11.8 Å². The predicted molar refractivity (Wildman–Crippen MR) is 70.9 cm³/mol. The lowest BCUT2D eigenvalue weighted by atomic mass is 10.1. The van der Waals surface area contributed by atoms with E-state index in [1.807, 2.05) is 6.07 Å². The molecule has 0 aliphatic rings. The highest BCUT2D eigenvalue weighted by atomic mass is 16.5. The maximum atomic E-state index is 11.6. The summed E-state index contributed by atoms with van der Waals surface area (Å²) in [6.45, 7) is 0. The van der Waals surface area contributed by atoms with E-state index in [2.05, 4.69) is 5.10 Å². The van der Waals surface area contributed by atoms with Gasteiger partial charge in [0.1, 0.15) is 5.69 Å². The molecule has 0 fully saturated rings. The number of esters is 1. The predicted octanol–water partition coefficient (Wildman–Crippen LogP) is 1.46. The van der Waals surface area contributed by atoms with Crippen molar-refractivity contribution in [3.63, 3.8) is 0 Å². The Kier molecular flexibility index (Phi) is 3.41. The van der Waals surface area contributed by atoms with Gasteiger partial charge in [0.2, 0.25) is 0 Å². The fourth-order valence-corrected chi connectivity index (χ4v) is 1.88. The third-order valence-electron chi connectivity index (χ3n) is 2.80. The number of ether oxygens (including phenoxy) is 2. The topological polar surface area (TPSA) is 79.4 Å². The number of nitrogens with zero attached hydrogens (tertiary/aromatic N) is 2. The Labute approximate surface area is 110 Å². The Morgan fingerprint density at radius 1 is 1.37 bits per heavy atom. The van der Waals surface area contributed by atoms with Crippen LogP contribution in [0.15, 0.2) is 24.3 Å². The number of nitrogens with two attached hydrogens (primary N) is 1. The lowest BCUT2D eigenvalue weighted by molar-refractivity contribution is 0.0588. The first kappa shape index (κ1) is 12.9. The van der Waals surface area contributed by atoms with Gasteiger partial charge in [-0.2, -0.15) is 5.10 Å². The maximum absolute atomic E-state index is 11.6. The third kappa shape index (κ3) is 2.24. The van der Waals surface area contributed by atoms with E-state index in [0.29, 0.717) is 22.8 Å². The highest BCUT2D eigenvalue weighted by Gasteiger charge is 2.17. The molecule has 0 aliphatic heterocycles. The van der Waals surface area contributed by atoms with Crippen molar-refractivity contribution in [3.8, 4) is 17.0 Å². The van der Waals surface area contributed by atoms with Crippen molar-refractivity contribution in [2.75, 3.05) is 20.0 Å². The van der Waals surface area contributed by atoms with Crippen LogP contribution in [0.25, 0.3) is 11.3 Å². The summed E-state index contributed by atoms with van der Waals surface area (Å²) < 4.78 is 11.4. The minimum Gasteiger partial charge on any atom is -0.494 e. The van der Waals surface area contributed by atoms with Gasteiger partial charge >= 0.3 is 5.97 Å². The van der Waals surface area contributed by atoms with Crippen LogP contribution in [0.5, 0.6) is 5.75 Å². The van der Waals surface area contributed by atoms with Crippen LogP contribution in [-0.4, -0.2) is 30.0 Å². The SMILES string of the molecule is COC(=O)c1cc(-c2cccc(N)c2OC)nn1C. The number of aryl methyl sites for hydroxylation is 1. The number of carbonyl (C=O) groups is 1. The Morgan fingerprint density at radius 2 is 2.11 bits per heavy atom. The van der Waals surface area contributed by atoms with E-state index in [9.17, 15) is 4.79 Å². The lowest BCUT2D eigenvalue weighted by Gasteiger charge is -2.08. The van der Waals surface area contributed by atoms with Gasteiger partial charge in [0.25, 0.3) is 0 Å². The van der Waals surface area contributed by atoms with Crippen molar-refractivity contribution in [1.29, 1.82) is 0 Å². The quantitative estimate of drug-likeness (QED) is 0.668. The van der Waals surface area contributed by atoms with Crippen LogP contribution in [0.4, 0.5) is 5.69 Å². The molecule has 0 amide bonds. The zero-order valence-electron chi connectivity index (χ0n) is 11.0. The minimum absolute atomic E-state index is 0.363. The monoisotopic (exact) mass is 261 g/mol. The van der Waals surface area contributed by atoms with Gasteiger partial charge in [-0.05, 0) is 18.2 Å². The van der Waals surface area contributed by atoms with Crippen LogP contribution in [0.3, 0.4) is 0 Å². The average Bonchev–Trinajstić information content (AvgIpc) is 2.79. The molecule has 0 radical (unpaired) electrons. The van der Waals surface area contributed by atoms with Crippen molar-refractivity contribution in [1.82, 2.24) is 9.78 Å². The number of para-hydroxylation sites is 1. The van der Waals surface area contributed by atoms with Gasteiger partial charge in [-0.25, -0.2) is 4.79 Å². The molecule has 0 aliphatic carbocycles. The van der Waals surface area contributed by atoms with E-state index < -0.39 is 5.97 Å². The number of rotatable bonds is 3. The molecule has 100 valence electrons. The van der Waals surface area contributed by atoms with E-state index in [4.69, 9.17) is 15.2 Å². The van der Waals surface area contributed by atoms with Gasteiger partial charge < -0.3 is 15.2 Å². The molecule has 0 bridgehead atoms. The summed E-state index contributed by atoms with van der Waals surface area (Å²) in [5.41, 5.74) is 8.06. The van der Waals surface area contributed by atoms with Crippen molar-refractivity contribution < 1.29 is 14.3 Å². The second-order valence-electron chi connectivity index (χ2n) is 3.96. The standard InChI is InChI=1S/C13H15N3O3/c1-16-11(13(17)19-3)7-10(15-16)8-5-4-6-9(14)12(8)18-2/h4-7H,14H2,1-3H3. The maximum Gasteiger partial charge on any atom is 0.356 e. The fraction of sp³-hybridized carbons (Fsp3) is 0.231. The number of nitrogen functional groups attached to an aromatic ring is 1. The van der Waals surface area contributed by atoms with E-state index in [1.54, 1.807) is 32.4 Å². The number of hydrogen-bond acceptors (Lipinski definition) is 5. The van der Waals surface area contributed by atoms with Gasteiger partial charge in [-0.3, -0.25) is 4.68 Å². The normalized spacial score (nSPS) is 10.3.